The minimum atomic E-state index is -0.0258. The largest absolute Gasteiger partial charge is 0.372 e. The highest BCUT2D eigenvalue weighted by Crippen LogP contribution is 2.43. The average Bonchev–Trinajstić information content (AvgIpc) is 2.79. The van der Waals surface area contributed by atoms with Crippen molar-refractivity contribution < 1.29 is 4.74 Å². The van der Waals surface area contributed by atoms with E-state index >= 15 is 0 Å². The zero-order chi connectivity index (χ0) is 13.6. The molecule has 0 bridgehead atoms. The summed E-state index contributed by atoms with van der Waals surface area (Å²) in [5, 5.41) is 3.48. The van der Waals surface area contributed by atoms with Gasteiger partial charge in [-0.2, -0.15) is 0 Å². The molecule has 0 saturated carbocycles. The van der Waals surface area contributed by atoms with E-state index in [0.29, 0.717) is 12.0 Å². The van der Waals surface area contributed by atoms with Crippen molar-refractivity contribution in [1.82, 2.24) is 5.32 Å². The Bertz CT molecular complexity index is 495. The molecule has 3 rings (SSSR count). The first kappa shape index (κ1) is 18.6. The molecule has 0 unspecified atom stereocenters. The van der Waals surface area contributed by atoms with Crippen LogP contribution in [0.15, 0.2) is 18.2 Å². The summed E-state index contributed by atoms with van der Waals surface area (Å²) in [6, 6.07) is 7.19. The van der Waals surface area contributed by atoms with Crippen LogP contribution in [0.1, 0.15) is 37.8 Å². The SMILES string of the molecule is CC(C)N(C)c1cccc2c1CO[C@@]1(C)CNC[C@@H]21.Cl.Cl. The number of ether oxygens (including phenoxy) is 1. The molecule has 1 N–H and O–H groups in total. The average molecular weight is 333 g/mol. The normalized spacial score (nSPS) is 26.4. The summed E-state index contributed by atoms with van der Waals surface area (Å²) < 4.78 is 6.20. The summed E-state index contributed by atoms with van der Waals surface area (Å²) in [7, 11) is 2.17. The minimum absolute atomic E-state index is 0. The van der Waals surface area contributed by atoms with E-state index in [1.54, 1.807) is 0 Å². The lowest BCUT2D eigenvalue weighted by Crippen LogP contribution is -2.40. The maximum Gasteiger partial charge on any atom is 0.0863 e. The first-order valence-corrected chi connectivity index (χ1v) is 7.22. The number of rotatable bonds is 2. The van der Waals surface area contributed by atoms with Crippen LogP contribution in [0.3, 0.4) is 0 Å². The molecule has 3 nitrogen and oxygen atoms in total. The van der Waals surface area contributed by atoms with Gasteiger partial charge in [0.25, 0.3) is 0 Å². The summed E-state index contributed by atoms with van der Waals surface area (Å²) in [6.45, 7) is 9.41. The van der Waals surface area contributed by atoms with Crippen LogP contribution < -0.4 is 10.2 Å². The number of fused-ring (bicyclic) bond motifs is 3. The number of nitrogens with zero attached hydrogens (tertiary/aromatic N) is 1. The van der Waals surface area contributed by atoms with E-state index in [1.807, 2.05) is 0 Å². The van der Waals surface area contributed by atoms with Gasteiger partial charge in [0.2, 0.25) is 0 Å². The van der Waals surface area contributed by atoms with Gasteiger partial charge in [0.05, 0.1) is 12.2 Å². The lowest BCUT2D eigenvalue weighted by atomic mass is 9.81. The molecular weight excluding hydrogens is 307 g/mol. The highest BCUT2D eigenvalue weighted by atomic mass is 35.5. The van der Waals surface area contributed by atoms with Crippen LogP contribution in [0.5, 0.6) is 0 Å². The summed E-state index contributed by atoms with van der Waals surface area (Å²) in [6.07, 6.45) is 0. The molecule has 2 aliphatic rings. The summed E-state index contributed by atoms with van der Waals surface area (Å²) in [5.74, 6) is 0.483. The zero-order valence-corrected chi connectivity index (χ0v) is 14.8. The molecule has 2 heterocycles. The fourth-order valence-electron chi connectivity index (χ4n) is 3.32. The van der Waals surface area contributed by atoms with Crippen LogP contribution in [-0.2, 0) is 11.3 Å². The van der Waals surface area contributed by atoms with Crippen molar-refractivity contribution in [1.29, 1.82) is 0 Å². The molecule has 0 aromatic heterocycles. The van der Waals surface area contributed by atoms with Crippen molar-refractivity contribution in [3.8, 4) is 0 Å². The van der Waals surface area contributed by atoms with Gasteiger partial charge in [0, 0.05) is 43.3 Å². The number of hydrogen-bond donors (Lipinski definition) is 1. The van der Waals surface area contributed by atoms with E-state index in [-0.39, 0.29) is 30.4 Å². The van der Waals surface area contributed by atoms with Gasteiger partial charge in [0.1, 0.15) is 0 Å². The Hall–Kier alpha value is -0.480. The fraction of sp³-hybridized carbons (Fsp3) is 0.625. The molecule has 5 heteroatoms. The third-order valence-electron chi connectivity index (χ3n) is 4.83. The standard InChI is InChI=1S/C16H24N2O.2ClH/c1-11(2)18(4)15-7-5-6-12-13(15)9-19-16(3)10-17-8-14(12)16;;/h5-7,11,14,17H,8-10H2,1-4H3;2*1H/t14-,16-;;/m0../s1. The highest BCUT2D eigenvalue weighted by molar-refractivity contribution is 5.85. The zero-order valence-electron chi connectivity index (χ0n) is 13.2. The molecule has 120 valence electrons. The molecule has 0 aliphatic carbocycles. The quantitative estimate of drug-likeness (QED) is 0.898. The number of anilines is 1. The van der Waals surface area contributed by atoms with Crippen molar-refractivity contribution >= 4 is 30.5 Å². The molecule has 21 heavy (non-hydrogen) atoms. The third-order valence-corrected chi connectivity index (χ3v) is 4.83. The molecule has 1 saturated heterocycles. The van der Waals surface area contributed by atoms with E-state index < -0.39 is 0 Å². The highest BCUT2D eigenvalue weighted by Gasteiger charge is 2.45. The van der Waals surface area contributed by atoms with Crippen molar-refractivity contribution in [2.75, 3.05) is 25.0 Å². The third kappa shape index (κ3) is 3.02. The van der Waals surface area contributed by atoms with Gasteiger partial charge in [0.15, 0.2) is 0 Å². The van der Waals surface area contributed by atoms with Crippen molar-refractivity contribution in [3.05, 3.63) is 29.3 Å². The number of halogens is 2. The molecule has 1 aromatic rings. The molecule has 2 aliphatic heterocycles. The van der Waals surface area contributed by atoms with Crippen LogP contribution in [0.2, 0.25) is 0 Å². The van der Waals surface area contributed by atoms with E-state index in [9.17, 15) is 0 Å². The van der Waals surface area contributed by atoms with Crippen molar-refractivity contribution in [2.24, 2.45) is 0 Å². The molecule has 1 aromatic carbocycles. The second-order valence-electron chi connectivity index (χ2n) is 6.33. The Kier molecular flexibility index (Phi) is 5.96. The second-order valence-corrected chi connectivity index (χ2v) is 6.33. The first-order chi connectivity index (χ1) is 9.03. The number of hydrogen-bond acceptors (Lipinski definition) is 3. The lowest BCUT2D eigenvalue weighted by molar-refractivity contribution is -0.0515. The Morgan fingerprint density at radius 2 is 2.05 bits per heavy atom. The molecule has 0 spiro atoms. The van der Waals surface area contributed by atoms with Gasteiger partial charge in [-0.25, -0.2) is 0 Å². The predicted octanol–water partition coefficient (Wildman–Crippen LogP) is 3.35. The summed E-state index contributed by atoms with van der Waals surface area (Å²) >= 11 is 0. The molecule has 1 fully saturated rings. The van der Waals surface area contributed by atoms with Crippen molar-refractivity contribution in [2.45, 2.75) is 44.9 Å². The van der Waals surface area contributed by atoms with E-state index in [4.69, 9.17) is 4.74 Å². The number of benzene rings is 1. The Morgan fingerprint density at radius 3 is 2.71 bits per heavy atom. The fourth-order valence-corrected chi connectivity index (χ4v) is 3.32. The maximum atomic E-state index is 6.20. The van der Waals surface area contributed by atoms with Crippen LogP contribution in [-0.4, -0.2) is 31.8 Å². The molecule has 0 amide bonds. The lowest BCUT2D eigenvalue weighted by Gasteiger charge is -2.39. The Balaban J connectivity index is 0.00000110. The Morgan fingerprint density at radius 1 is 1.33 bits per heavy atom. The first-order valence-electron chi connectivity index (χ1n) is 7.22. The monoisotopic (exact) mass is 332 g/mol. The predicted molar refractivity (Wildman–Crippen MR) is 93.3 cm³/mol. The smallest absolute Gasteiger partial charge is 0.0863 e. The second kappa shape index (κ2) is 6.74. The summed E-state index contributed by atoms with van der Waals surface area (Å²) in [4.78, 5) is 2.34. The van der Waals surface area contributed by atoms with Gasteiger partial charge in [-0.3, -0.25) is 0 Å². The van der Waals surface area contributed by atoms with Gasteiger partial charge < -0.3 is 15.0 Å². The van der Waals surface area contributed by atoms with Crippen molar-refractivity contribution in [3.63, 3.8) is 0 Å². The maximum absolute atomic E-state index is 6.20. The van der Waals surface area contributed by atoms with E-state index in [2.05, 4.69) is 56.2 Å². The molecule has 0 radical (unpaired) electrons. The van der Waals surface area contributed by atoms with Gasteiger partial charge in [-0.1, -0.05) is 12.1 Å². The van der Waals surface area contributed by atoms with Crippen LogP contribution in [0.25, 0.3) is 0 Å². The topological polar surface area (TPSA) is 24.5 Å². The molecular formula is C16H26Cl2N2O. The van der Waals surface area contributed by atoms with E-state index in [1.165, 1.54) is 16.8 Å². The molecule has 2 atom stereocenters. The van der Waals surface area contributed by atoms with Gasteiger partial charge in [-0.05, 0) is 32.4 Å². The Labute approximate surface area is 140 Å². The van der Waals surface area contributed by atoms with Crippen LogP contribution in [0.4, 0.5) is 5.69 Å². The minimum Gasteiger partial charge on any atom is -0.372 e. The van der Waals surface area contributed by atoms with E-state index in [0.717, 1.165) is 19.7 Å². The van der Waals surface area contributed by atoms with Crippen LogP contribution >= 0.6 is 24.8 Å². The van der Waals surface area contributed by atoms with Crippen LogP contribution in [0, 0.1) is 0 Å². The summed E-state index contributed by atoms with van der Waals surface area (Å²) in [5.41, 5.74) is 4.15. The van der Waals surface area contributed by atoms with Gasteiger partial charge >= 0.3 is 0 Å². The number of nitrogens with one attached hydrogen (secondary N) is 1. The van der Waals surface area contributed by atoms with Gasteiger partial charge in [-0.15, -0.1) is 24.8 Å².